The minimum absolute atomic E-state index is 0.837. The van der Waals surface area contributed by atoms with Crippen molar-refractivity contribution in [2.45, 2.75) is 13.5 Å². The van der Waals surface area contributed by atoms with Gasteiger partial charge in [-0.2, -0.15) is 5.10 Å². The highest BCUT2D eigenvalue weighted by Gasteiger charge is 2.00. The molecular weight excluding hydrogens is 166 g/mol. The van der Waals surface area contributed by atoms with Gasteiger partial charge in [0.05, 0.1) is 11.9 Å². The van der Waals surface area contributed by atoms with Gasteiger partial charge in [0.15, 0.2) is 0 Å². The predicted molar refractivity (Wildman–Crippen MR) is 49.8 cm³/mol. The lowest BCUT2D eigenvalue weighted by atomic mass is 10.6. The molecule has 0 radical (unpaired) electrons. The van der Waals surface area contributed by atoms with Gasteiger partial charge in [-0.3, -0.25) is 5.10 Å². The van der Waals surface area contributed by atoms with Gasteiger partial charge in [0.2, 0.25) is 5.95 Å². The van der Waals surface area contributed by atoms with Gasteiger partial charge >= 0.3 is 0 Å². The van der Waals surface area contributed by atoms with Gasteiger partial charge in [0, 0.05) is 25.1 Å². The van der Waals surface area contributed by atoms with Gasteiger partial charge in [-0.25, -0.2) is 4.98 Å². The third kappa shape index (κ3) is 1.53. The molecule has 2 heterocycles. The molecule has 2 N–H and O–H groups in total. The number of hydrogen-bond acceptors (Lipinski definition) is 3. The van der Waals surface area contributed by atoms with Crippen molar-refractivity contribution in [3.05, 3.63) is 24.8 Å². The standard InChI is InChI=1S/C8H11N5/c1-2-13-4-3-9-8(13)12-7-5-10-11-6-7/h3-6H,2H2,1H3,(H,9,12)(H,10,11). The zero-order valence-electron chi connectivity index (χ0n) is 7.36. The lowest BCUT2D eigenvalue weighted by Gasteiger charge is -2.04. The van der Waals surface area contributed by atoms with E-state index in [1.807, 2.05) is 10.8 Å². The zero-order chi connectivity index (χ0) is 9.10. The fraction of sp³-hybridized carbons (Fsp3) is 0.250. The third-order valence-corrected chi connectivity index (χ3v) is 1.81. The first-order valence-corrected chi connectivity index (χ1v) is 4.17. The topological polar surface area (TPSA) is 58.5 Å². The Balaban J connectivity index is 2.18. The van der Waals surface area contributed by atoms with E-state index in [-0.39, 0.29) is 0 Å². The van der Waals surface area contributed by atoms with Crippen LogP contribution in [0.15, 0.2) is 24.8 Å². The lowest BCUT2D eigenvalue weighted by molar-refractivity contribution is 0.772. The minimum Gasteiger partial charge on any atom is -0.323 e. The molecule has 2 aromatic heterocycles. The highest BCUT2D eigenvalue weighted by Crippen LogP contribution is 2.11. The van der Waals surface area contributed by atoms with Crippen molar-refractivity contribution in [1.82, 2.24) is 19.7 Å². The first kappa shape index (κ1) is 7.85. The Morgan fingerprint density at radius 3 is 3.23 bits per heavy atom. The lowest BCUT2D eigenvalue weighted by Crippen LogP contribution is -2.00. The number of anilines is 2. The smallest absolute Gasteiger partial charge is 0.207 e. The van der Waals surface area contributed by atoms with Crippen molar-refractivity contribution >= 4 is 11.6 Å². The summed E-state index contributed by atoms with van der Waals surface area (Å²) in [5.74, 6) is 0.837. The molecule has 0 atom stereocenters. The zero-order valence-corrected chi connectivity index (χ0v) is 7.36. The summed E-state index contributed by atoms with van der Waals surface area (Å²) in [6.45, 7) is 2.97. The molecule has 5 nitrogen and oxygen atoms in total. The second-order valence-electron chi connectivity index (χ2n) is 2.65. The van der Waals surface area contributed by atoms with E-state index in [9.17, 15) is 0 Å². The molecular formula is C8H11N5. The molecule has 0 fully saturated rings. The van der Waals surface area contributed by atoms with E-state index in [2.05, 4.69) is 27.4 Å². The largest absolute Gasteiger partial charge is 0.323 e. The van der Waals surface area contributed by atoms with Gasteiger partial charge in [0.1, 0.15) is 0 Å². The Morgan fingerprint density at radius 2 is 2.54 bits per heavy atom. The van der Waals surface area contributed by atoms with E-state index in [1.165, 1.54) is 0 Å². The van der Waals surface area contributed by atoms with Crippen LogP contribution in [0.1, 0.15) is 6.92 Å². The molecule has 68 valence electrons. The monoisotopic (exact) mass is 177 g/mol. The minimum atomic E-state index is 0.837. The highest BCUT2D eigenvalue weighted by molar-refractivity contribution is 5.50. The van der Waals surface area contributed by atoms with Crippen molar-refractivity contribution in [3.8, 4) is 0 Å². The van der Waals surface area contributed by atoms with Gasteiger partial charge in [-0.1, -0.05) is 0 Å². The summed E-state index contributed by atoms with van der Waals surface area (Å²) < 4.78 is 2.02. The normalized spacial score (nSPS) is 10.2. The Labute approximate surface area is 75.8 Å². The maximum Gasteiger partial charge on any atom is 0.207 e. The maximum atomic E-state index is 4.17. The third-order valence-electron chi connectivity index (χ3n) is 1.81. The summed E-state index contributed by atoms with van der Waals surface area (Å²) in [5.41, 5.74) is 0.918. The second kappa shape index (κ2) is 3.30. The molecule has 0 unspecified atom stereocenters. The first-order valence-electron chi connectivity index (χ1n) is 4.17. The Hall–Kier alpha value is -1.78. The van der Waals surface area contributed by atoms with Crippen LogP contribution in [0.4, 0.5) is 11.6 Å². The molecule has 0 saturated heterocycles. The number of aromatic nitrogens is 4. The molecule has 0 aromatic carbocycles. The van der Waals surface area contributed by atoms with Crippen molar-refractivity contribution < 1.29 is 0 Å². The van der Waals surface area contributed by atoms with Crippen LogP contribution in [-0.4, -0.2) is 19.7 Å². The van der Waals surface area contributed by atoms with Gasteiger partial charge in [0.25, 0.3) is 0 Å². The molecule has 5 heteroatoms. The van der Waals surface area contributed by atoms with Gasteiger partial charge in [-0.05, 0) is 6.92 Å². The molecule has 2 aromatic rings. The maximum absolute atomic E-state index is 4.17. The van der Waals surface area contributed by atoms with Crippen LogP contribution in [0.5, 0.6) is 0 Å². The summed E-state index contributed by atoms with van der Waals surface area (Å²) in [7, 11) is 0. The van der Waals surface area contributed by atoms with Crippen LogP contribution >= 0.6 is 0 Å². The van der Waals surface area contributed by atoms with Crippen molar-refractivity contribution in [2.24, 2.45) is 0 Å². The van der Waals surface area contributed by atoms with Crippen LogP contribution in [0, 0.1) is 0 Å². The van der Waals surface area contributed by atoms with Crippen LogP contribution in [0.25, 0.3) is 0 Å². The van der Waals surface area contributed by atoms with E-state index >= 15 is 0 Å². The number of aromatic amines is 1. The number of H-pyrrole nitrogens is 1. The van der Waals surface area contributed by atoms with E-state index in [4.69, 9.17) is 0 Å². The van der Waals surface area contributed by atoms with Crippen LogP contribution in [-0.2, 0) is 6.54 Å². The molecule has 0 aliphatic carbocycles. The van der Waals surface area contributed by atoms with Crippen LogP contribution < -0.4 is 5.32 Å². The van der Waals surface area contributed by atoms with E-state index in [0.717, 1.165) is 18.2 Å². The quantitative estimate of drug-likeness (QED) is 0.744. The first-order chi connectivity index (χ1) is 6.40. The van der Waals surface area contributed by atoms with Crippen LogP contribution in [0.3, 0.4) is 0 Å². The number of nitrogens with zero attached hydrogens (tertiary/aromatic N) is 3. The summed E-state index contributed by atoms with van der Waals surface area (Å²) in [5, 5.41) is 9.71. The average Bonchev–Trinajstić information content (AvgIpc) is 2.76. The summed E-state index contributed by atoms with van der Waals surface area (Å²) >= 11 is 0. The molecule has 0 amide bonds. The summed E-state index contributed by atoms with van der Waals surface area (Å²) in [4.78, 5) is 4.17. The highest BCUT2D eigenvalue weighted by atomic mass is 15.2. The molecule has 0 saturated carbocycles. The van der Waals surface area contributed by atoms with E-state index in [0.29, 0.717) is 0 Å². The van der Waals surface area contributed by atoms with Crippen molar-refractivity contribution in [3.63, 3.8) is 0 Å². The SMILES string of the molecule is CCn1ccnc1Nc1cn[nH]c1. The fourth-order valence-electron chi connectivity index (χ4n) is 1.14. The average molecular weight is 177 g/mol. The second-order valence-corrected chi connectivity index (χ2v) is 2.65. The van der Waals surface area contributed by atoms with Crippen LogP contribution in [0.2, 0.25) is 0 Å². The Kier molecular flexibility index (Phi) is 1.99. The van der Waals surface area contributed by atoms with Crippen molar-refractivity contribution in [1.29, 1.82) is 0 Å². The van der Waals surface area contributed by atoms with E-state index in [1.54, 1.807) is 18.6 Å². The van der Waals surface area contributed by atoms with Gasteiger partial charge in [-0.15, -0.1) is 0 Å². The molecule has 2 rings (SSSR count). The molecule has 0 spiro atoms. The number of hydrogen-bond donors (Lipinski definition) is 2. The van der Waals surface area contributed by atoms with Gasteiger partial charge < -0.3 is 9.88 Å². The van der Waals surface area contributed by atoms with Crippen molar-refractivity contribution in [2.75, 3.05) is 5.32 Å². The number of nitrogens with one attached hydrogen (secondary N) is 2. The Bertz CT molecular complexity index is 362. The fourth-order valence-corrected chi connectivity index (χ4v) is 1.14. The predicted octanol–water partition coefficient (Wildman–Crippen LogP) is 1.37. The summed E-state index contributed by atoms with van der Waals surface area (Å²) in [6.07, 6.45) is 7.21. The number of aryl methyl sites for hydroxylation is 1. The number of rotatable bonds is 3. The summed E-state index contributed by atoms with van der Waals surface area (Å²) in [6, 6.07) is 0. The molecule has 0 aliphatic heterocycles. The number of imidazole rings is 1. The molecule has 0 aliphatic rings. The Morgan fingerprint density at radius 1 is 1.62 bits per heavy atom. The van der Waals surface area contributed by atoms with E-state index < -0.39 is 0 Å². The molecule has 13 heavy (non-hydrogen) atoms. The molecule has 0 bridgehead atoms.